The number of para-hydroxylation sites is 1. The van der Waals surface area contributed by atoms with Crippen LogP contribution in [0, 0.1) is 5.92 Å². The van der Waals surface area contributed by atoms with Crippen LogP contribution in [0.5, 0.6) is 0 Å². The molecular formula is C18H22N2O5. The lowest BCUT2D eigenvalue weighted by Gasteiger charge is -2.28. The molecule has 0 aliphatic heterocycles. The van der Waals surface area contributed by atoms with E-state index in [-0.39, 0.29) is 29.6 Å². The summed E-state index contributed by atoms with van der Waals surface area (Å²) in [7, 11) is 1.25. The summed E-state index contributed by atoms with van der Waals surface area (Å²) < 4.78 is 4.80. The van der Waals surface area contributed by atoms with E-state index < -0.39 is 17.9 Å². The Morgan fingerprint density at radius 1 is 1.24 bits per heavy atom. The SMILES string of the molecule is COC(=O)[C@@H](NC(=O)c1ccccc1NC(C)=O)[C@H]1CCCC(=O)C1. The molecule has 1 saturated carbocycles. The second-order valence-corrected chi connectivity index (χ2v) is 6.10. The Balaban J connectivity index is 2.21. The fraction of sp³-hybridized carbons (Fsp3) is 0.444. The average molecular weight is 346 g/mol. The van der Waals surface area contributed by atoms with Crippen LogP contribution in [0.2, 0.25) is 0 Å². The molecule has 1 aliphatic rings. The Bertz CT molecular complexity index is 686. The molecule has 0 unspecified atom stereocenters. The molecule has 7 nitrogen and oxygen atoms in total. The summed E-state index contributed by atoms with van der Waals surface area (Å²) in [6.07, 6.45) is 2.10. The van der Waals surface area contributed by atoms with Crippen molar-refractivity contribution in [2.24, 2.45) is 5.92 Å². The minimum Gasteiger partial charge on any atom is -0.467 e. The van der Waals surface area contributed by atoms with Crippen LogP contribution in [0.4, 0.5) is 5.69 Å². The van der Waals surface area contributed by atoms with E-state index in [0.29, 0.717) is 24.9 Å². The number of rotatable bonds is 5. The molecule has 1 aromatic carbocycles. The number of methoxy groups -OCH3 is 1. The first-order valence-corrected chi connectivity index (χ1v) is 8.19. The van der Waals surface area contributed by atoms with Crippen molar-refractivity contribution < 1.29 is 23.9 Å². The maximum atomic E-state index is 12.6. The van der Waals surface area contributed by atoms with Gasteiger partial charge in [0.15, 0.2) is 0 Å². The smallest absolute Gasteiger partial charge is 0.328 e. The molecule has 1 aromatic rings. The molecule has 0 heterocycles. The van der Waals surface area contributed by atoms with Gasteiger partial charge in [-0.3, -0.25) is 14.4 Å². The lowest BCUT2D eigenvalue weighted by atomic mass is 9.83. The van der Waals surface area contributed by atoms with Gasteiger partial charge in [0, 0.05) is 19.8 Å². The van der Waals surface area contributed by atoms with Crippen LogP contribution in [0.1, 0.15) is 43.0 Å². The van der Waals surface area contributed by atoms with Crippen molar-refractivity contribution in [2.75, 3.05) is 12.4 Å². The molecule has 2 amide bonds. The van der Waals surface area contributed by atoms with E-state index in [1.807, 2.05) is 0 Å². The van der Waals surface area contributed by atoms with E-state index in [2.05, 4.69) is 10.6 Å². The third-order valence-corrected chi connectivity index (χ3v) is 4.22. The first-order valence-electron chi connectivity index (χ1n) is 8.19. The highest BCUT2D eigenvalue weighted by Gasteiger charge is 2.34. The highest BCUT2D eigenvalue weighted by Crippen LogP contribution is 2.26. The summed E-state index contributed by atoms with van der Waals surface area (Å²) in [5.74, 6) is -1.59. The van der Waals surface area contributed by atoms with E-state index in [4.69, 9.17) is 4.74 Å². The van der Waals surface area contributed by atoms with Crippen molar-refractivity contribution in [1.29, 1.82) is 0 Å². The van der Waals surface area contributed by atoms with Gasteiger partial charge in [-0.1, -0.05) is 12.1 Å². The zero-order valence-corrected chi connectivity index (χ0v) is 14.3. The van der Waals surface area contributed by atoms with Crippen molar-refractivity contribution in [2.45, 2.75) is 38.6 Å². The molecule has 134 valence electrons. The molecular weight excluding hydrogens is 324 g/mol. The fourth-order valence-corrected chi connectivity index (χ4v) is 3.04. The third kappa shape index (κ3) is 4.89. The number of carbonyl (C=O) groups is 4. The van der Waals surface area contributed by atoms with Gasteiger partial charge in [-0.05, 0) is 30.9 Å². The zero-order chi connectivity index (χ0) is 18.4. The second kappa shape index (κ2) is 8.41. The average Bonchev–Trinajstić information content (AvgIpc) is 2.58. The minimum atomic E-state index is -0.896. The first kappa shape index (κ1) is 18.6. The Morgan fingerprint density at radius 2 is 1.96 bits per heavy atom. The van der Waals surface area contributed by atoms with Gasteiger partial charge < -0.3 is 15.4 Å². The van der Waals surface area contributed by atoms with Crippen LogP contribution < -0.4 is 10.6 Å². The van der Waals surface area contributed by atoms with Crippen LogP contribution in [0.15, 0.2) is 24.3 Å². The molecule has 0 radical (unpaired) electrons. The summed E-state index contributed by atoms with van der Waals surface area (Å²) >= 11 is 0. The van der Waals surface area contributed by atoms with Crippen molar-refractivity contribution in [3.8, 4) is 0 Å². The third-order valence-electron chi connectivity index (χ3n) is 4.22. The quantitative estimate of drug-likeness (QED) is 0.790. The number of nitrogens with one attached hydrogen (secondary N) is 2. The van der Waals surface area contributed by atoms with Gasteiger partial charge in [0.25, 0.3) is 5.91 Å². The van der Waals surface area contributed by atoms with E-state index >= 15 is 0 Å². The fourth-order valence-electron chi connectivity index (χ4n) is 3.04. The van der Waals surface area contributed by atoms with Crippen LogP contribution in [-0.4, -0.2) is 36.7 Å². The van der Waals surface area contributed by atoms with Crippen LogP contribution >= 0.6 is 0 Å². The van der Waals surface area contributed by atoms with Crippen LogP contribution in [0.3, 0.4) is 0 Å². The van der Waals surface area contributed by atoms with Gasteiger partial charge in [-0.25, -0.2) is 4.79 Å². The number of hydrogen-bond donors (Lipinski definition) is 2. The Morgan fingerprint density at radius 3 is 2.60 bits per heavy atom. The number of ether oxygens (including phenoxy) is 1. The van der Waals surface area contributed by atoms with Gasteiger partial charge in [-0.2, -0.15) is 0 Å². The van der Waals surface area contributed by atoms with Crippen LogP contribution in [0.25, 0.3) is 0 Å². The first-order chi connectivity index (χ1) is 11.9. The van der Waals surface area contributed by atoms with Gasteiger partial charge in [-0.15, -0.1) is 0 Å². The molecule has 1 aliphatic carbocycles. The van der Waals surface area contributed by atoms with E-state index in [9.17, 15) is 19.2 Å². The summed E-state index contributed by atoms with van der Waals surface area (Å²) in [6, 6.07) is 5.62. The molecule has 2 N–H and O–H groups in total. The van der Waals surface area contributed by atoms with E-state index in [1.165, 1.54) is 14.0 Å². The normalized spacial score (nSPS) is 18.2. The number of ketones is 1. The van der Waals surface area contributed by atoms with Gasteiger partial charge in [0.2, 0.25) is 5.91 Å². The molecule has 0 bridgehead atoms. The number of carbonyl (C=O) groups excluding carboxylic acids is 4. The van der Waals surface area contributed by atoms with E-state index in [0.717, 1.165) is 0 Å². The molecule has 0 aromatic heterocycles. The maximum Gasteiger partial charge on any atom is 0.328 e. The van der Waals surface area contributed by atoms with Gasteiger partial charge in [0.05, 0.1) is 18.4 Å². The number of benzene rings is 1. The lowest BCUT2D eigenvalue weighted by Crippen LogP contribution is -2.48. The molecule has 7 heteroatoms. The zero-order valence-electron chi connectivity index (χ0n) is 14.3. The topological polar surface area (TPSA) is 102 Å². The van der Waals surface area contributed by atoms with Gasteiger partial charge >= 0.3 is 5.97 Å². The highest BCUT2D eigenvalue weighted by molar-refractivity contribution is 6.04. The van der Waals surface area contributed by atoms with Crippen LogP contribution in [-0.2, 0) is 19.1 Å². The predicted molar refractivity (Wildman–Crippen MR) is 91.0 cm³/mol. The standard InChI is InChI=1S/C18H22N2O5/c1-11(21)19-15-9-4-3-8-14(15)17(23)20-16(18(24)25-2)12-6-5-7-13(22)10-12/h3-4,8-9,12,16H,5-7,10H2,1-2H3,(H,19,21)(H,20,23)/t12-,16-/m0/s1. The van der Waals surface area contributed by atoms with Crippen molar-refractivity contribution >= 4 is 29.3 Å². The van der Waals surface area contributed by atoms with Crippen molar-refractivity contribution in [1.82, 2.24) is 5.32 Å². The molecule has 0 saturated heterocycles. The molecule has 1 fully saturated rings. The monoisotopic (exact) mass is 346 g/mol. The second-order valence-electron chi connectivity index (χ2n) is 6.10. The molecule has 0 spiro atoms. The molecule has 25 heavy (non-hydrogen) atoms. The Labute approximate surface area is 146 Å². The van der Waals surface area contributed by atoms with Crippen molar-refractivity contribution in [3.63, 3.8) is 0 Å². The van der Waals surface area contributed by atoms with E-state index in [1.54, 1.807) is 24.3 Å². The minimum absolute atomic E-state index is 0.0815. The predicted octanol–water partition coefficient (Wildman–Crippen LogP) is 1.68. The maximum absolute atomic E-state index is 12.6. The highest BCUT2D eigenvalue weighted by atomic mass is 16.5. The summed E-state index contributed by atoms with van der Waals surface area (Å²) in [4.78, 5) is 47.8. The Hall–Kier alpha value is -2.70. The Kier molecular flexibility index (Phi) is 6.27. The summed E-state index contributed by atoms with van der Waals surface area (Å²) in [5.41, 5.74) is 0.601. The number of amides is 2. The number of Topliss-reactive ketones (excluding diaryl/α,β-unsaturated/α-hetero) is 1. The lowest BCUT2D eigenvalue weighted by molar-refractivity contribution is -0.145. The number of esters is 1. The summed E-state index contributed by atoms with van der Waals surface area (Å²) in [5, 5.41) is 5.26. The molecule has 2 atom stereocenters. The number of anilines is 1. The summed E-state index contributed by atoms with van der Waals surface area (Å²) in [6.45, 7) is 1.35. The molecule has 2 rings (SSSR count). The van der Waals surface area contributed by atoms with Crippen molar-refractivity contribution in [3.05, 3.63) is 29.8 Å². The van der Waals surface area contributed by atoms with Gasteiger partial charge in [0.1, 0.15) is 11.8 Å². The largest absolute Gasteiger partial charge is 0.467 e. The number of hydrogen-bond acceptors (Lipinski definition) is 5.